The highest BCUT2D eigenvalue weighted by Crippen LogP contribution is 2.17. The van der Waals surface area contributed by atoms with Crippen LogP contribution in [0, 0.1) is 11.3 Å². The maximum atomic E-state index is 8.62. The van der Waals surface area contributed by atoms with Gasteiger partial charge in [-0.2, -0.15) is 5.26 Å². The average molecular weight is 208 g/mol. The summed E-state index contributed by atoms with van der Waals surface area (Å²) in [6.07, 6.45) is 1.72. The van der Waals surface area contributed by atoms with Crippen molar-refractivity contribution in [1.82, 2.24) is 0 Å². The van der Waals surface area contributed by atoms with Crippen LogP contribution < -0.4 is 0 Å². The molecular formula is C9H6BrN. The molecule has 1 rings (SSSR count). The molecule has 0 atom stereocenters. The zero-order valence-corrected chi connectivity index (χ0v) is 7.43. The van der Waals surface area contributed by atoms with Gasteiger partial charge < -0.3 is 0 Å². The van der Waals surface area contributed by atoms with E-state index in [1.807, 2.05) is 12.1 Å². The van der Waals surface area contributed by atoms with Gasteiger partial charge in [0, 0.05) is 4.47 Å². The van der Waals surface area contributed by atoms with Crippen LogP contribution in [0.15, 0.2) is 29.3 Å². The predicted octanol–water partition coefficient (Wildman–Crippen LogP) is 2.96. The van der Waals surface area contributed by atoms with Gasteiger partial charge in [0.05, 0.1) is 5.56 Å². The first-order valence-electron chi connectivity index (χ1n) is 3.10. The lowest BCUT2D eigenvalue weighted by atomic mass is 10.1. The van der Waals surface area contributed by atoms with Crippen molar-refractivity contribution in [2.45, 2.75) is 0 Å². The van der Waals surface area contributed by atoms with Gasteiger partial charge in [0.15, 0.2) is 0 Å². The van der Waals surface area contributed by atoms with Gasteiger partial charge in [-0.1, -0.05) is 18.7 Å². The second-order valence-electron chi connectivity index (χ2n) is 2.06. The lowest BCUT2D eigenvalue weighted by molar-refractivity contribution is 1.46. The van der Waals surface area contributed by atoms with E-state index in [1.54, 1.807) is 12.1 Å². The van der Waals surface area contributed by atoms with Crippen molar-refractivity contribution >= 4 is 22.0 Å². The Morgan fingerprint density at radius 1 is 1.55 bits per heavy atom. The first-order valence-corrected chi connectivity index (χ1v) is 3.89. The zero-order chi connectivity index (χ0) is 8.27. The van der Waals surface area contributed by atoms with Crippen molar-refractivity contribution in [2.75, 3.05) is 0 Å². The number of benzene rings is 1. The molecule has 0 aliphatic rings. The fourth-order valence-corrected chi connectivity index (χ4v) is 1.09. The second kappa shape index (κ2) is 3.36. The summed E-state index contributed by atoms with van der Waals surface area (Å²) in [4.78, 5) is 0. The third-order valence-corrected chi connectivity index (χ3v) is 2.04. The normalized spacial score (nSPS) is 8.73. The Kier molecular flexibility index (Phi) is 2.45. The van der Waals surface area contributed by atoms with Gasteiger partial charge in [-0.3, -0.25) is 0 Å². The van der Waals surface area contributed by atoms with Crippen LogP contribution in [0.4, 0.5) is 0 Å². The minimum atomic E-state index is 0.641. The molecule has 0 unspecified atom stereocenters. The summed E-state index contributed by atoms with van der Waals surface area (Å²) in [6.45, 7) is 3.61. The molecule has 0 fully saturated rings. The van der Waals surface area contributed by atoms with E-state index in [1.165, 1.54) is 0 Å². The third kappa shape index (κ3) is 1.69. The van der Waals surface area contributed by atoms with Crippen molar-refractivity contribution in [3.05, 3.63) is 40.4 Å². The Bertz CT molecular complexity index is 323. The molecule has 0 aliphatic heterocycles. The monoisotopic (exact) mass is 207 g/mol. The molecule has 0 spiro atoms. The van der Waals surface area contributed by atoms with Crippen LogP contribution in [0.2, 0.25) is 0 Å². The number of nitrogens with zero attached hydrogens (tertiary/aromatic N) is 1. The highest BCUT2D eigenvalue weighted by molar-refractivity contribution is 9.10. The van der Waals surface area contributed by atoms with Crippen molar-refractivity contribution in [3.63, 3.8) is 0 Å². The molecule has 1 nitrogen and oxygen atoms in total. The topological polar surface area (TPSA) is 23.8 Å². The molecule has 0 aliphatic carbocycles. The Balaban J connectivity index is 3.25. The summed E-state index contributed by atoms with van der Waals surface area (Å²) >= 11 is 3.26. The first kappa shape index (κ1) is 8.03. The lowest BCUT2D eigenvalue weighted by Crippen LogP contribution is -1.78. The van der Waals surface area contributed by atoms with E-state index in [0.717, 1.165) is 10.0 Å². The van der Waals surface area contributed by atoms with Crippen LogP contribution >= 0.6 is 15.9 Å². The summed E-state index contributed by atoms with van der Waals surface area (Å²) in [5.41, 5.74) is 1.60. The van der Waals surface area contributed by atoms with Gasteiger partial charge in [0.2, 0.25) is 0 Å². The number of nitriles is 1. The largest absolute Gasteiger partial charge is 0.192 e. The number of hydrogen-bond donors (Lipinski definition) is 0. The number of hydrogen-bond acceptors (Lipinski definition) is 1. The molecule has 0 saturated carbocycles. The van der Waals surface area contributed by atoms with Crippen LogP contribution in [-0.2, 0) is 0 Å². The maximum absolute atomic E-state index is 8.62. The highest BCUT2D eigenvalue weighted by atomic mass is 79.9. The number of rotatable bonds is 1. The summed E-state index contributed by atoms with van der Waals surface area (Å²) in [7, 11) is 0. The predicted molar refractivity (Wildman–Crippen MR) is 48.9 cm³/mol. The summed E-state index contributed by atoms with van der Waals surface area (Å²) in [6, 6.07) is 7.61. The molecule has 11 heavy (non-hydrogen) atoms. The van der Waals surface area contributed by atoms with E-state index in [9.17, 15) is 0 Å². The smallest absolute Gasteiger partial charge is 0.100 e. The van der Waals surface area contributed by atoms with Crippen molar-refractivity contribution < 1.29 is 0 Å². The molecule has 1 aromatic carbocycles. The molecule has 0 saturated heterocycles. The highest BCUT2D eigenvalue weighted by Gasteiger charge is 1.96. The fraction of sp³-hybridized carbons (Fsp3) is 0. The Hall–Kier alpha value is -1.07. The van der Waals surface area contributed by atoms with Crippen molar-refractivity contribution in [1.29, 1.82) is 5.26 Å². The molecule has 0 amide bonds. The SMILES string of the molecule is C=Cc1ccc(Br)c(C#N)c1. The van der Waals surface area contributed by atoms with Crippen LogP contribution in [-0.4, -0.2) is 0 Å². The van der Waals surface area contributed by atoms with Crippen molar-refractivity contribution in [3.8, 4) is 6.07 Å². The molecule has 2 heteroatoms. The molecular weight excluding hydrogens is 202 g/mol. The van der Waals surface area contributed by atoms with Gasteiger partial charge in [-0.05, 0) is 33.6 Å². The lowest BCUT2D eigenvalue weighted by Gasteiger charge is -1.95. The summed E-state index contributed by atoms with van der Waals surface area (Å²) in [5.74, 6) is 0. The van der Waals surface area contributed by atoms with Gasteiger partial charge in [-0.15, -0.1) is 0 Å². The van der Waals surface area contributed by atoms with E-state index in [-0.39, 0.29) is 0 Å². The summed E-state index contributed by atoms with van der Waals surface area (Å²) < 4.78 is 0.825. The van der Waals surface area contributed by atoms with Crippen LogP contribution in [0.5, 0.6) is 0 Å². The molecule has 0 heterocycles. The molecule has 0 radical (unpaired) electrons. The molecule has 0 bridgehead atoms. The van der Waals surface area contributed by atoms with Gasteiger partial charge in [0.25, 0.3) is 0 Å². The minimum absolute atomic E-state index is 0.641. The van der Waals surface area contributed by atoms with Gasteiger partial charge >= 0.3 is 0 Å². The molecule has 0 N–H and O–H groups in total. The quantitative estimate of drug-likeness (QED) is 0.695. The second-order valence-corrected chi connectivity index (χ2v) is 2.91. The zero-order valence-electron chi connectivity index (χ0n) is 5.84. The average Bonchev–Trinajstić information content (AvgIpc) is 2.05. The Labute approximate surface area is 74.1 Å². The fourth-order valence-electron chi connectivity index (χ4n) is 0.756. The summed E-state index contributed by atoms with van der Waals surface area (Å²) in [5, 5.41) is 8.62. The van der Waals surface area contributed by atoms with E-state index >= 15 is 0 Å². The van der Waals surface area contributed by atoms with Gasteiger partial charge in [0.1, 0.15) is 6.07 Å². The van der Waals surface area contributed by atoms with E-state index in [4.69, 9.17) is 5.26 Å². The first-order chi connectivity index (χ1) is 5.27. The number of halogens is 1. The van der Waals surface area contributed by atoms with E-state index < -0.39 is 0 Å². The standard InChI is InChI=1S/C9H6BrN/c1-2-7-3-4-9(10)8(5-7)6-11/h2-5H,1H2. The Morgan fingerprint density at radius 3 is 2.82 bits per heavy atom. The van der Waals surface area contributed by atoms with E-state index in [2.05, 4.69) is 28.6 Å². The molecule has 54 valence electrons. The van der Waals surface area contributed by atoms with E-state index in [0.29, 0.717) is 5.56 Å². The minimum Gasteiger partial charge on any atom is -0.192 e. The van der Waals surface area contributed by atoms with Crippen LogP contribution in [0.25, 0.3) is 6.08 Å². The Morgan fingerprint density at radius 2 is 2.27 bits per heavy atom. The van der Waals surface area contributed by atoms with Crippen LogP contribution in [0.1, 0.15) is 11.1 Å². The van der Waals surface area contributed by atoms with Crippen LogP contribution in [0.3, 0.4) is 0 Å². The maximum Gasteiger partial charge on any atom is 0.100 e. The van der Waals surface area contributed by atoms with Crippen molar-refractivity contribution in [2.24, 2.45) is 0 Å². The van der Waals surface area contributed by atoms with Gasteiger partial charge in [-0.25, -0.2) is 0 Å². The molecule has 0 aromatic heterocycles. The molecule has 1 aromatic rings. The third-order valence-electron chi connectivity index (χ3n) is 1.35.